The van der Waals surface area contributed by atoms with Gasteiger partial charge in [-0.2, -0.15) is 0 Å². The van der Waals surface area contributed by atoms with Gasteiger partial charge in [0.05, 0.1) is 18.3 Å². The van der Waals surface area contributed by atoms with Crippen LogP contribution in [-0.2, 0) is 4.79 Å². The van der Waals surface area contributed by atoms with Gasteiger partial charge >= 0.3 is 0 Å². The third-order valence-electron chi connectivity index (χ3n) is 3.52. The summed E-state index contributed by atoms with van der Waals surface area (Å²) in [4.78, 5) is 19.6. The Balaban J connectivity index is 1.87. The standard InChI is InChI=1S/C16H21N3OS/c1-12(15-8-6-10-21-15)18-16(20)11-19(3)13(2)14-7-4-5-9-17-14/h4-10,12-13H,11H2,1-3H3,(H,18,20). The van der Waals surface area contributed by atoms with Crippen LogP contribution in [-0.4, -0.2) is 29.4 Å². The molecule has 0 spiro atoms. The quantitative estimate of drug-likeness (QED) is 0.892. The Bertz CT molecular complexity index is 556. The van der Waals surface area contributed by atoms with Gasteiger partial charge in [0.1, 0.15) is 0 Å². The first-order chi connectivity index (χ1) is 10.1. The maximum Gasteiger partial charge on any atom is 0.234 e. The number of likely N-dealkylation sites (N-methyl/N-ethyl adjacent to an activating group) is 1. The Kier molecular flexibility index (Phi) is 5.47. The molecule has 2 rings (SSSR count). The van der Waals surface area contributed by atoms with Gasteiger partial charge in [0.2, 0.25) is 5.91 Å². The molecule has 1 N–H and O–H groups in total. The van der Waals surface area contributed by atoms with Gasteiger partial charge in [-0.1, -0.05) is 12.1 Å². The van der Waals surface area contributed by atoms with Crippen molar-refractivity contribution >= 4 is 17.2 Å². The van der Waals surface area contributed by atoms with Gasteiger partial charge < -0.3 is 5.32 Å². The molecule has 2 unspecified atom stereocenters. The minimum absolute atomic E-state index is 0.0289. The van der Waals surface area contributed by atoms with E-state index in [2.05, 4.69) is 17.2 Å². The molecule has 0 aliphatic carbocycles. The molecule has 0 fully saturated rings. The van der Waals surface area contributed by atoms with E-state index in [1.807, 2.05) is 54.6 Å². The van der Waals surface area contributed by atoms with E-state index in [-0.39, 0.29) is 18.0 Å². The van der Waals surface area contributed by atoms with Crippen molar-refractivity contribution in [1.29, 1.82) is 0 Å². The lowest BCUT2D eigenvalue weighted by molar-refractivity contribution is -0.123. The molecule has 2 atom stereocenters. The first-order valence-corrected chi connectivity index (χ1v) is 7.90. The number of rotatable bonds is 6. The summed E-state index contributed by atoms with van der Waals surface area (Å²) < 4.78 is 0. The van der Waals surface area contributed by atoms with Crippen LogP contribution in [0.25, 0.3) is 0 Å². The van der Waals surface area contributed by atoms with Crippen LogP contribution in [0.5, 0.6) is 0 Å². The van der Waals surface area contributed by atoms with Crippen molar-refractivity contribution in [2.75, 3.05) is 13.6 Å². The van der Waals surface area contributed by atoms with Crippen molar-refractivity contribution in [1.82, 2.24) is 15.2 Å². The molecule has 0 aliphatic rings. The third-order valence-corrected chi connectivity index (χ3v) is 4.57. The van der Waals surface area contributed by atoms with Crippen LogP contribution in [0.4, 0.5) is 0 Å². The SMILES string of the molecule is CC(NC(=O)CN(C)C(C)c1ccccn1)c1cccs1. The predicted octanol–water partition coefficient (Wildman–Crippen LogP) is 3.01. The molecular weight excluding hydrogens is 282 g/mol. The summed E-state index contributed by atoms with van der Waals surface area (Å²) in [5.74, 6) is 0.0289. The third kappa shape index (κ3) is 4.37. The lowest BCUT2D eigenvalue weighted by Gasteiger charge is -2.24. The maximum absolute atomic E-state index is 12.1. The topological polar surface area (TPSA) is 45.2 Å². The second-order valence-electron chi connectivity index (χ2n) is 5.15. The summed E-state index contributed by atoms with van der Waals surface area (Å²) in [6.45, 7) is 4.41. The highest BCUT2D eigenvalue weighted by Crippen LogP contribution is 2.19. The van der Waals surface area contributed by atoms with E-state index in [9.17, 15) is 4.79 Å². The summed E-state index contributed by atoms with van der Waals surface area (Å²) in [6.07, 6.45) is 1.78. The van der Waals surface area contributed by atoms with Crippen LogP contribution in [0.2, 0.25) is 0 Å². The lowest BCUT2D eigenvalue weighted by atomic mass is 10.2. The van der Waals surface area contributed by atoms with E-state index in [0.29, 0.717) is 6.54 Å². The van der Waals surface area contributed by atoms with Crippen molar-refractivity contribution in [3.05, 3.63) is 52.5 Å². The smallest absolute Gasteiger partial charge is 0.234 e. The molecule has 0 radical (unpaired) electrons. The van der Waals surface area contributed by atoms with Gasteiger partial charge in [-0.3, -0.25) is 14.7 Å². The number of thiophene rings is 1. The van der Waals surface area contributed by atoms with Crippen molar-refractivity contribution in [2.45, 2.75) is 25.9 Å². The average molecular weight is 303 g/mol. The van der Waals surface area contributed by atoms with E-state index in [1.54, 1.807) is 17.5 Å². The van der Waals surface area contributed by atoms with Gasteiger partial charge in [0.15, 0.2) is 0 Å². The molecule has 0 saturated carbocycles. The summed E-state index contributed by atoms with van der Waals surface area (Å²) in [5.41, 5.74) is 0.971. The minimum Gasteiger partial charge on any atom is -0.348 e. The number of nitrogens with one attached hydrogen (secondary N) is 1. The number of amides is 1. The lowest BCUT2D eigenvalue weighted by Crippen LogP contribution is -2.37. The molecule has 5 heteroatoms. The van der Waals surface area contributed by atoms with Gasteiger partial charge in [-0.25, -0.2) is 0 Å². The van der Waals surface area contributed by atoms with E-state index in [1.165, 1.54) is 4.88 Å². The number of hydrogen-bond acceptors (Lipinski definition) is 4. The predicted molar refractivity (Wildman–Crippen MR) is 86.2 cm³/mol. The normalized spacial score (nSPS) is 13.9. The van der Waals surface area contributed by atoms with Crippen LogP contribution in [0.3, 0.4) is 0 Å². The summed E-state index contributed by atoms with van der Waals surface area (Å²) in [5, 5.41) is 5.05. The summed E-state index contributed by atoms with van der Waals surface area (Å²) in [6, 6.07) is 10.0. The highest BCUT2D eigenvalue weighted by atomic mass is 32.1. The fourth-order valence-electron chi connectivity index (χ4n) is 2.11. The molecule has 0 bridgehead atoms. The monoisotopic (exact) mass is 303 g/mol. The second kappa shape index (κ2) is 7.33. The first-order valence-electron chi connectivity index (χ1n) is 7.02. The van der Waals surface area contributed by atoms with Gasteiger partial charge in [0, 0.05) is 17.1 Å². The number of pyridine rings is 1. The van der Waals surface area contributed by atoms with Crippen molar-refractivity contribution in [2.24, 2.45) is 0 Å². The van der Waals surface area contributed by atoms with Crippen molar-refractivity contribution < 1.29 is 4.79 Å². The number of carbonyl (C=O) groups excluding carboxylic acids is 1. The molecular formula is C16H21N3OS. The zero-order chi connectivity index (χ0) is 15.2. The van der Waals surface area contributed by atoms with Crippen molar-refractivity contribution in [3.63, 3.8) is 0 Å². The van der Waals surface area contributed by atoms with Crippen LogP contribution in [0.1, 0.15) is 36.5 Å². The highest BCUT2D eigenvalue weighted by molar-refractivity contribution is 7.10. The number of carbonyl (C=O) groups is 1. The van der Waals surface area contributed by atoms with E-state index in [4.69, 9.17) is 0 Å². The van der Waals surface area contributed by atoms with Crippen molar-refractivity contribution in [3.8, 4) is 0 Å². The molecule has 2 aromatic heterocycles. The zero-order valence-electron chi connectivity index (χ0n) is 12.6. The van der Waals surface area contributed by atoms with Crippen LogP contribution >= 0.6 is 11.3 Å². The Morgan fingerprint density at radius 1 is 1.33 bits per heavy atom. The summed E-state index contributed by atoms with van der Waals surface area (Å²) in [7, 11) is 1.94. The molecule has 21 heavy (non-hydrogen) atoms. The molecule has 0 saturated heterocycles. The molecule has 112 valence electrons. The molecule has 0 aliphatic heterocycles. The molecule has 2 heterocycles. The Morgan fingerprint density at radius 2 is 2.14 bits per heavy atom. The average Bonchev–Trinajstić information content (AvgIpc) is 3.01. The van der Waals surface area contributed by atoms with Crippen LogP contribution in [0.15, 0.2) is 41.9 Å². The largest absolute Gasteiger partial charge is 0.348 e. The molecule has 1 amide bonds. The zero-order valence-corrected chi connectivity index (χ0v) is 13.4. The Labute approximate surface area is 129 Å². The number of aromatic nitrogens is 1. The van der Waals surface area contributed by atoms with E-state index >= 15 is 0 Å². The highest BCUT2D eigenvalue weighted by Gasteiger charge is 2.17. The fraction of sp³-hybridized carbons (Fsp3) is 0.375. The van der Waals surface area contributed by atoms with E-state index in [0.717, 1.165) is 5.69 Å². The first kappa shape index (κ1) is 15.7. The molecule has 4 nitrogen and oxygen atoms in total. The second-order valence-corrected chi connectivity index (χ2v) is 6.13. The minimum atomic E-state index is 0.0289. The van der Waals surface area contributed by atoms with Gasteiger partial charge in [-0.05, 0) is 44.5 Å². The molecule has 0 aromatic carbocycles. The number of hydrogen-bond donors (Lipinski definition) is 1. The van der Waals surface area contributed by atoms with Gasteiger partial charge in [0.25, 0.3) is 0 Å². The van der Waals surface area contributed by atoms with E-state index < -0.39 is 0 Å². The van der Waals surface area contributed by atoms with Gasteiger partial charge in [-0.15, -0.1) is 11.3 Å². The maximum atomic E-state index is 12.1. The Hall–Kier alpha value is -1.72. The number of nitrogens with zero attached hydrogens (tertiary/aromatic N) is 2. The fourth-order valence-corrected chi connectivity index (χ4v) is 2.84. The van der Waals surface area contributed by atoms with Crippen LogP contribution in [0, 0.1) is 0 Å². The summed E-state index contributed by atoms with van der Waals surface area (Å²) >= 11 is 1.66. The van der Waals surface area contributed by atoms with Crippen LogP contribution < -0.4 is 5.32 Å². The molecule has 2 aromatic rings. The Morgan fingerprint density at radius 3 is 2.76 bits per heavy atom.